The van der Waals surface area contributed by atoms with Gasteiger partial charge in [-0.15, -0.1) is 0 Å². The molecule has 0 spiro atoms. The average molecular weight is 561 g/mol. The van der Waals surface area contributed by atoms with Crippen LogP contribution in [0.1, 0.15) is 17.4 Å². The second kappa shape index (κ2) is 10.9. The van der Waals surface area contributed by atoms with Crippen LogP contribution >= 0.6 is 15.9 Å². The van der Waals surface area contributed by atoms with Crippen LogP contribution in [0.4, 0.5) is 0 Å². The van der Waals surface area contributed by atoms with Crippen molar-refractivity contribution in [2.45, 2.75) is 12.5 Å². The number of hydrogen-bond donors (Lipinski definition) is 4. The first kappa shape index (κ1) is 24.6. The molecule has 0 bridgehead atoms. The number of hydrogen-bond acceptors (Lipinski definition) is 5. The van der Waals surface area contributed by atoms with Gasteiger partial charge in [0.1, 0.15) is 29.9 Å². The molecule has 8 nitrogen and oxygen atoms in total. The van der Waals surface area contributed by atoms with Gasteiger partial charge in [0.2, 0.25) is 5.88 Å². The highest BCUT2D eigenvalue weighted by Crippen LogP contribution is 2.33. The first-order valence-corrected chi connectivity index (χ1v) is 12.5. The number of aromatic amines is 2. The third-order valence-corrected chi connectivity index (χ3v) is 6.58. The molecule has 0 aliphatic heterocycles. The summed E-state index contributed by atoms with van der Waals surface area (Å²) >= 11 is 3.45. The molecule has 0 radical (unpaired) electrons. The lowest BCUT2D eigenvalue weighted by Crippen LogP contribution is -2.25. The van der Waals surface area contributed by atoms with Gasteiger partial charge in [-0.3, -0.25) is 4.57 Å². The number of nitrogens with zero attached hydrogens (tertiary/aromatic N) is 2. The highest BCUT2D eigenvalue weighted by atomic mass is 79.9. The number of rotatable bonds is 9. The summed E-state index contributed by atoms with van der Waals surface area (Å²) in [6.45, 7) is 0.0994. The van der Waals surface area contributed by atoms with Crippen LogP contribution in [0.5, 0.6) is 11.6 Å². The molecular formula is C28H25BrN4O4. The fourth-order valence-electron chi connectivity index (χ4n) is 4.24. The number of H-pyrrole nitrogens is 2. The van der Waals surface area contributed by atoms with Crippen LogP contribution in [-0.2, 0) is 6.42 Å². The summed E-state index contributed by atoms with van der Waals surface area (Å²) in [6, 6.07) is 24.0. The van der Waals surface area contributed by atoms with E-state index in [1.807, 2.05) is 54.6 Å². The quantitative estimate of drug-likeness (QED) is 0.204. The molecule has 1 atom stereocenters. The predicted octanol–water partition coefficient (Wildman–Crippen LogP) is 4.90. The van der Waals surface area contributed by atoms with Gasteiger partial charge in [-0.2, -0.15) is 0 Å². The van der Waals surface area contributed by atoms with Crippen molar-refractivity contribution in [2.75, 3.05) is 13.2 Å². The van der Waals surface area contributed by atoms with Crippen LogP contribution in [0.3, 0.4) is 0 Å². The van der Waals surface area contributed by atoms with Crippen LogP contribution in [-0.4, -0.2) is 42.9 Å². The molecule has 0 aliphatic carbocycles. The Morgan fingerprint density at radius 1 is 0.946 bits per heavy atom. The number of aliphatic hydroxyl groups excluding tert-OH is 1. The van der Waals surface area contributed by atoms with Crippen molar-refractivity contribution in [3.8, 4) is 34.1 Å². The molecule has 9 heteroatoms. The van der Waals surface area contributed by atoms with Crippen LogP contribution in [0.2, 0.25) is 0 Å². The number of benzene rings is 3. The number of aliphatic hydroxyl groups is 1. The van der Waals surface area contributed by atoms with Gasteiger partial charge in [0.15, 0.2) is 0 Å². The van der Waals surface area contributed by atoms with Crippen molar-refractivity contribution in [3.05, 3.63) is 111 Å². The molecule has 3 aromatic carbocycles. The lowest BCUT2D eigenvalue weighted by Gasteiger charge is -2.17. The Morgan fingerprint density at radius 2 is 1.65 bits per heavy atom. The van der Waals surface area contributed by atoms with Gasteiger partial charge in [0.05, 0.1) is 18.5 Å². The lowest BCUT2D eigenvalue weighted by atomic mass is 10.0. The summed E-state index contributed by atoms with van der Waals surface area (Å²) < 4.78 is 7.72. The summed E-state index contributed by atoms with van der Waals surface area (Å²) in [5, 5.41) is 20.2. The zero-order valence-electron chi connectivity index (χ0n) is 19.8. The summed E-state index contributed by atoms with van der Waals surface area (Å²) in [5.41, 5.74) is 3.23. The maximum absolute atomic E-state index is 13.2. The molecule has 188 valence electrons. The Labute approximate surface area is 221 Å². The van der Waals surface area contributed by atoms with E-state index in [4.69, 9.17) is 9.84 Å². The van der Waals surface area contributed by atoms with Gasteiger partial charge in [0, 0.05) is 16.5 Å². The second-order valence-corrected chi connectivity index (χ2v) is 9.41. The molecule has 5 aromatic rings. The molecule has 2 heterocycles. The van der Waals surface area contributed by atoms with Crippen molar-refractivity contribution in [1.82, 2.24) is 19.5 Å². The van der Waals surface area contributed by atoms with Crippen molar-refractivity contribution >= 4 is 15.9 Å². The van der Waals surface area contributed by atoms with Crippen molar-refractivity contribution in [2.24, 2.45) is 0 Å². The first-order valence-electron chi connectivity index (χ1n) is 11.8. The third kappa shape index (κ3) is 5.37. The molecule has 0 saturated heterocycles. The second-order valence-electron chi connectivity index (χ2n) is 8.49. The van der Waals surface area contributed by atoms with E-state index in [0.717, 1.165) is 21.3 Å². The van der Waals surface area contributed by atoms with Gasteiger partial charge in [-0.1, -0.05) is 58.4 Å². The first-order chi connectivity index (χ1) is 18.0. The minimum atomic E-state index is -0.587. The van der Waals surface area contributed by atoms with E-state index in [1.54, 1.807) is 30.5 Å². The van der Waals surface area contributed by atoms with E-state index < -0.39 is 11.7 Å². The van der Waals surface area contributed by atoms with Crippen LogP contribution in [0, 0.1) is 0 Å². The molecule has 37 heavy (non-hydrogen) atoms. The maximum atomic E-state index is 13.2. The van der Waals surface area contributed by atoms with E-state index in [9.17, 15) is 9.90 Å². The third-order valence-electron chi connectivity index (χ3n) is 6.06. The van der Waals surface area contributed by atoms with Gasteiger partial charge in [-0.25, -0.2) is 9.78 Å². The molecule has 5 rings (SSSR count). The van der Waals surface area contributed by atoms with Gasteiger partial charge < -0.3 is 24.9 Å². The van der Waals surface area contributed by atoms with Crippen LogP contribution < -0.4 is 10.4 Å². The van der Waals surface area contributed by atoms with E-state index >= 15 is 0 Å². The van der Waals surface area contributed by atoms with Crippen molar-refractivity contribution < 1.29 is 14.9 Å². The Hall–Kier alpha value is -4.08. The Bertz CT molecular complexity index is 1520. The van der Waals surface area contributed by atoms with Crippen LogP contribution in [0.15, 0.2) is 94.3 Å². The SMILES string of the molecule is O=c1[nH]c(-c2ccc(OCCO)cc2)c(O)n1[C@@H](Cc1ccccc1)c1ncc(-c2ccc(Br)cc2)[nH]1. The Balaban J connectivity index is 1.54. The number of aromatic hydroxyl groups is 1. The van der Waals surface area contributed by atoms with Gasteiger partial charge in [0.25, 0.3) is 0 Å². The maximum Gasteiger partial charge on any atom is 0.329 e. The van der Waals surface area contributed by atoms with Crippen LogP contribution in [0.25, 0.3) is 22.5 Å². The monoisotopic (exact) mass is 560 g/mol. The highest BCUT2D eigenvalue weighted by molar-refractivity contribution is 9.10. The summed E-state index contributed by atoms with van der Waals surface area (Å²) in [4.78, 5) is 24.0. The Kier molecular flexibility index (Phi) is 7.25. The number of ether oxygens (including phenoxy) is 1. The topological polar surface area (TPSA) is 116 Å². The minimum Gasteiger partial charge on any atom is -0.493 e. The van der Waals surface area contributed by atoms with E-state index in [0.29, 0.717) is 29.3 Å². The smallest absolute Gasteiger partial charge is 0.329 e. The molecule has 0 fully saturated rings. The number of nitrogens with one attached hydrogen (secondary N) is 2. The fourth-order valence-corrected chi connectivity index (χ4v) is 4.51. The number of imidazole rings is 2. The predicted molar refractivity (Wildman–Crippen MR) is 145 cm³/mol. The van der Waals surface area contributed by atoms with E-state index in [-0.39, 0.29) is 19.1 Å². The Morgan fingerprint density at radius 3 is 2.35 bits per heavy atom. The minimum absolute atomic E-state index is 0.0855. The van der Waals surface area contributed by atoms with Crippen molar-refractivity contribution in [1.29, 1.82) is 0 Å². The van der Waals surface area contributed by atoms with E-state index in [2.05, 4.69) is 30.9 Å². The van der Waals surface area contributed by atoms with Crippen molar-refractivity contribution in [3.63, 3.8) is 0 Å². The largest absolute Gasteiger partial charge is 0.493 e. The molecule has 2 aromatic heterocycles. The van der Waals surface area contributed by atoms with Gasteiger partial charge in [-0.05, 0) is 47.5 Å². The molecule has 0 amide bonds. The standard InChI is InChI=1S/C28H25BrN4O4/c29-21-10-6-19(7-11-21)23-17-30-26(31-23)24(16-18-4-2-1-3-5-18)33-27(35)25(32-28(33)36)20-8-12-22(13-9-20)37-15-14-34/h1-13,17,24,34-35H,14-16H2,(H,30,31)(H,32,36)/t24-/m0/s1. The fraction of sp³-hybridized carbons (Fsp3) is 0.143. The van der Waals surface area contributed by atoms with E-state index in [1.165, 1.54) is 4.57 Å². The number of aromatic nitrogens is 4. The zero-order chi connectivity index (χ0) is 25.8. The average Bonchev–Trinajstić information content (AvgIpc) is 3.52. The normalized spacial score (nSPS) is 11.9. The molecular weight excluding hydrogens is 536 g/mol. The summed E-state index contributed by atoms with van der Waals surface area (Å²) in [5.74, 6) is 0.950. The molecule has 4 N–H and O–H groups in total. The molecule has 0 unspecified atom stereocenters. The summed E-state index contributed by atoms with van der Waals surface area (Å²) in [7, 11) is 0. The van der Waals surface area contributed by atoms with Gasteiger partial charge >= 0.3 is 5.69 Å². The lowest BCUT2D eigenvalue weighted by molar-refractivity contribution is 0.201. The highest BCUT2D eigenvalue weighted by Gasteiger charge is 2.26. The number of halogens is 1. The summed E-state index contributed by atoms with van der Waals surface area (Å²) in [6.07, 6.45) is 2.17. The zero-order valence-corrected chi connectivity index (χ0v) is 21.4. The molecule has 0 aliphatic rings. The molecule has 0 saturated carbocycles.